The number of allylic oxidation sites excluding steroid dienone is 2. The van der Waals surface area contributed by atoms with Crippen LogP contribution in [-0.2, 0) is 18.8 Å². The predicted octanol–water partition coefficient (Wildman–Crippen LogP) is 6.45. The van der Waals surface area contributed by atoms with Crippen molar-refractivity contribution in [3.05, 3.63) is 12.2 Å². The van der Waals surface area contributed by atoms with Crippen LogP contribution >= 0.6 is 0 Å². The number of carbonyl (C=O) groups is 2. The quantitative estimate of drug-likeness (QED) is 0.156. The standard InChI is InChI=1S/C24H44O4Si/c1-8-9-15-27-23(26)18-21-17-22(25)16-20(21)14-12-10-11-13-19(2)28-29(6,7)24(3,4)5/h12,14,19-21H,8-11,13,15-18H2,1-7H3/b14-12+/t19-,20+,21-/m0/s1. The summed E-state index contributed by atoms with van der Waals surface area (Å²) < 4.78 is 11.7. The van der Waals surface area contributed by atoms with E-state index in [1.807, 2.05) is 0 Å². The number of rotatable bonds is 12. The molecule has 0 radical (unpaired) electrons. The first-order valence-corrected chi connectivity index (χ1v) is 14.4. The third kappa shape index (κ3) is 9.60. The fourth-order valence-electron chi connectivity index (χ4n) is 3.54. The Hall–Kier alpha value is -0.943. The van der Waals surface area contributed by atoms with Gasteiger partial charge in [0.1, 0.15) is 5.78 Å². The molecular weight excluding hydrogens is 380 g/mol. The number of esters is 1. The molecule has 0 N–H and O–H groups in total. The molecular formula is C24H44O4Si. The first kappa shape index (κ1) is 26.1. The van der Waals surface area contributed by atoms with Crippen molar-refractivity contribution in [1.82, 2.24) is 0 Å². The Bertz CT molecular complexity index is 548. The average molecular weight is 425 g/mol. The molecule has 1 aliphatic rings. The molecule has 1 rings (SSSR count). The predicted molar refractivity (Wildman–Crippen MR) is 122 cm³/mol. The van der Waals surface area contributed by atoms with E-state index in [0.717, 1.165) is 32.1 Å². The Morgan fingerprint density at radius 1 is 1.24 bits per heavy atom. The van der Waals surface area contributed by atoms with Gasteiger partial charge in [-0.2, -0.15) is 0 Å². The summed E-state index contributed by atoms with van der Waals surface area (Å²) in [4.78, 5) is 23.9. The summed E-state index contributed by atoms with van der Waals surface area (Å²) in [6.45, 7) is 16.2. The van der Waals surface area contributed by atoms with Gasteiger partial charge in [0.25, 0.3) is 0 Å². The molecule has 0 aromatic heterocycles. The summed E-state index contributed by atoms with van der Waals surface area (Å²) in [5.74, 6) is 0.395. The summed E-state index contributed by atoms with van der Waals surface area (Å²) in [6.07, 6.45) is 11.1. The van der Waals surface area contributed by atoms with Gasteiger partial charge in [0.15, 0.2) is 8.32 Å². The third-order valence-corrected chi connectivity index (χ3v) is 11.0. The molecule has 0 heterocycles. The normalized spacial score (nSPS) is 21.7. The largest absolute Gasteiger partial charge is 0.466 e. The molecule has 1 aliphatic carbocycles. The maximum absolute atomic E-state index is 12.0. The lowest BCUT2D eigenvalue weighted by molar-refractivity contribution is -0.145. The van der Waals surface area contributed by atoms with Crippen molar-refractivity contribution in [3.63, 3.8) is 0 Å². The smallest absolute Gasteiger partial charge is 0.306 e. The molecule has 1 fully saturated rings. The van der Waals surface area contributed by atoms with E-state index in [1.54, 1.807) is 0 Å². The van der Waals surface area contributed by atoms with Crippen molar-refractivity contribution in [1.29, 1.82) is 0 Å². The van der Waals surface area contributed by atoms with Crippen molar-refractivity contribution in [3.8, 4) is 0 Å². The van der Waals surface area contributed by atoms with Gasteiger partial charge in [0.05, 0.1) is 6.61 Å². The van der Waals surface area contributed by atoms with E-state index >= 15 is 0 Å². The fourth-order valence-corrected chi connectivity index (χ4v) is 5.02. The molecule has 0 saturated heterocycles. The Labute approximate surface area is 179 Å². The van der Waals surface area contributed by atoms with E-state index in [4.69, 9.17) is 9.16 Å². The van der Waals surface area contributed by atoms with E-state index in [9.17, 15) is 9.59 Å². The van der Waals surface area contributed by atoms with Crippen molar-refractivity contribution >= 4 is 20.1 Å². The highest BCUT2D eigenvalue weighted by atomic mass is 28.4. The second kappa shape index (κ2) is 12.0. The highest BCUT2D eigenvalue weighted by Crippen LogP contribution is 2.38. The summed E-state index contributed by atoms with van der Waals surface area (Å²) >= 11 is 0. The average Bonchev–Trinajstić information content (AvgIpc) is 2.92. The topological polar surface area (TPSA) is 52.6 Å². The van der Waals surface area contributed by atoms with Gasteiger partial charge in [-0.1, -0.05) is 46.3 Å². The molecule has 4 nitrogen and oxygen atoms in total. The maximum Gasteiger partial charge on any atom is 0.306 e. The van der Waals surface area contributed by atoms with Crippen LogP contribution in [-0.4, -0.2) is 32.8 Å². The fraction of sp³-hybridized carbons (Fsp3) is 0.833. The van der Waals surface area contributed by atoms with Gasteiger partial charge in [-0.15, -0.1) is 0 Å². The zero-order chi connectivity index (χ0) is 22.1. The van der Waals surface area contributed by atoms with Crippen molar-refractivity contribution in [2.75, 3.05) is 6.61 Å². The summed E-state index contributed by atoms with van der Waals surface area (Å²) in [7, 11) is -1.70. The van der Waals surface area contributed by atoms with Crippen molar-refractivity contribution in [2.45, 2.75) is 110 Å². The van der Waals surface area contributed by atoms with E-state index in [2.05, 4.69) is 59.9 Å². The molecule has 0 aromatic carbocycles. The van der Waals surface area contributed by atoms with E-state index in [0.29, 0.717) is 25.9 Å². The van der Waals surface area contributed by atoms with Crippen LogP contribution in [0.1, 0.15) is 86.0 Å². The highest BCUT2D eigenvalue weighted by molar-refractivity contribution is 6.74. The van der Waals surface area contributed by atoms with E-state index in [-0.39, 0.29) is 34.7 Å². The van der Waals surface area contributed by atoms with Gasteiger partial charge in [0.2, 0.25) is 0 Å². The Balaban J connectivity index is 2.38. The SMILES string of the molecule is CCCCOC(=O)C[C@@H]1CC(=O)C[C@H]1/C=C/CCC[C@H](C)O[Si](C)(C)C(C)(C)C. The van der Waals surface area contributed by atoms with E-state index < -0.39 is 8.32 Å². The summed E-state index contributed by atoms with van der Waals surface area (Å²) in [5, 5.41) is 0.239. The monoisotopic (exact) mass is 424 g/mol. The lowest BCUT2D eigenvalue weighted by Gasteiger charge is -2.38. The molecule has 0 aromatic rings. The molecule has 0 amide bonds. The van der Waals surface area contributed by atoms with Gasteiger partial charge in [-0.05, 0) is 62.6 Å². The first-order chi connectivity index (χ1) is 13.5. The minimum Gasteiger partial charge on any atom is -0.466 e. The van der Waals surface area contributed by atoms with E-state index in [1.165, 1.54) is 0 Å². The van der Waals surface area contributed by atoms with Gasteiger partial charge < -0.3 is 9.16 Å². The lowest BCUT2D eigenvalue weighted by atomic mass is 9.92. The van der Waals surface area contributed by atoms with Gasteiger partial charge >= 0.3 is 5.97 Å². The number of carbonyl (C=O) groups excluding carboxylic acids is 2. The van der Waals surface area contributed by atoms with Crippen LogP contribution in [0.15, 0.2) is 12.2 Å². The van der Waals surface area contributed by atoms with Gasteiger partial charge in [-0.3, -0.25) is 9.59 Å². The number of ketones is 1. The van der Waals surface area contributed by atoms with Crippen LogP contribution in [0.5, 0.6) is 0 Å². The third-order valence-electron chi connectivity index (χ3n) is 6.42. The summed E-state index contributed by atoms with van der Waals surface area (Å²) in [6, 6.07) is 0. The minimum absolute atomic E-state index is 0.105. The molecule has 0 bridgehead atoms. The minimum atomic E-state index is -1.70. The maximum atomic E-state index is 12.0. The molecule has 0 unspecified atom stereocenters. The van der Waals surface area contributed by atoms with Gasteiger partial charge in [-0.25, -0.2) is 0 Å². The molecule has 5 heteroatoms. The number of unbranched alkanes of at least 4 members (excludes halogenated alkanes) is 2. The molecule has 0 spiro atoms. The number of Topliss-reactive ketones (excluding diaryl/α,β-unsaturated/α-hetero) is 1. The Kier molecular flexibility index (Phi) is 10.8. The van der Waals surface area contributed by atoms with Gasteiger partial charge in [0, 0.05) is 25.4 Å². The van der Waals surface area contributed by atoms with Crippen LogP contribution in [0, 0.1) is 11.8 Å². The van der Waals surface area contributed by atoms with Crippen LogP contribution in [0.25, 0.3) is 0 Å². The zero-order valence-corrected chi connectivity index (χ0v) is 20.9. The molecule has 29 heavy (non-hydrogen) atoms. The zero-order valence-electron chi connectivity index (χ0n) is 19.9. The molecule has 0 aliphatic heterocycles. The molecule has 1 saturated carbocycles. The second-order valence-electron chi connectivity index (χ2n) is 10.2. The molecule has 168 valence electrons. The number of hydrogen-bond donors (Lipinski definition) is 0. The molecule has 3 atom stereocenters. The first-order valence-electron chi connectivity index (χ1n) is 11.5. The lowest BCUT2D eigenvalue weighted by Crippen LogP contribution is -2.43. The number of ether oxygens (including phenoxy) is 1. The van der Waals surface area contributed by atoms with Crippen LogP contribution in [0.4, 0.5) is 0 Å². The summed E-state index contributed by atoms with van der Waals surface area (Å²) in [5.41, 5.74) is 0. The highest BCUT2D eigenvalue weighted by Gasteiger charge is 2.38. The second-order valence-corrected chi connectivity index (χ2v) is 15.0. The Morgan fingerprint density at radius 3 is 2.55 bits per heavy atom. The van der Waals surface area contributed by atoms with Crippen LogP contribution < -0.4 is 0 Å². The van der Waals surface area contributed by atoms with Crippen molar-refractivity contribution < 1.29 is 18.8 Å². The van der Waals surface area contributed by atoms with Crippen LogP contribution in [0.2, 0.25) is 18.1 Å². The van der Waals surface area contributed by atoms with Crippen molar-refractivity contribution in [2.24, 2.45) is 11.8 Å². The Morgan fingerprint density at radius 2 is 1.93 bits per heavy atom. The number of hydrogen-bond acceptors (Lipinski definition) is 4. The van der Waals surface area contributed by atoms with Crippen LogP contribution in [0.3, 0.4) is 0 Å².